The van der Waals surface area contributed by atoms with Crippen molar-refractivity contribution in [2.24, 2.45) is 5.73 Å². The van der Waals surface area contributed by atoms with Gasteiger partial charge in [0.05, 0.1) is 6.54 Å². The summed E-state index contributed by atoms with van der Waals surface area (Å²) in [7, 11) is 0. The highest BCUT2D eigenvalue weighted by Crippen LogP contribution is 2.12. The molecule has 26 heavy (non-hydrogen) atoms. The van der Waals surface area contributed by atoms with E-state index < -0.39 is 0 Å². The predicted molar refractivity (Wildman–Crippen MR) is 104 cm³/mol. The van der Waals surface area contributed by atoms with Crippen molar-refractivity contribution in [3.8, 4) is 0 Å². The van der Waals surface area contributed by atoms with Gasteiger partial charge in [-0.1, -0.05) is 12.1 Å². The molecule has 7 heteroatoms. The zero-order chi connectivity index (χ0) is 17.6. The molecule has 6 nitrogen and oxygen atoms in total. The van der Waals surface area contributed by atoms with Gasteiger partial charge in [-0.3, -0.25) is 14.5 Å². The lowest BCUT2D eigenvalue weighted by Gasteiger charge is -2.36. The molecule has 0 atom stereocenters. The Hall–Kier alpha value is -1.63. The van der Waals surface area contributed by atoms with Crippen LogP contribution < -0.4 is 5.73 Å². The molecule has 2 aliphatic rings. The molecule has 2 aliphatic heterocycles. The molecule has 1 aromatic carbocycles. The molecular weight excluding hydrogens is 352 g/mol. The van der Waals surface area contributed by atoms with Gasteiger partial charge in [0, 0.05) is 51.4 Å². The van der Waals surface area contributed by atoms with E-state index in [9.17, 15) is 9.59 Å². The number of carbonyl (C=O) groups is 2. The Morgan fingerprint density at radius 3 is 2.04 bits per heavy atom. The Labute approximate surface area is 161 Å². The third-order valence-electron chi connectivity index (χ3n) is 5.16. The van der Waals surface area contributed by atoms with Crippen LogP contribution in [0.4, 0.5) is 0 Å². The second-order valence-electron chi connectivity index (χ2n) is 6.91. The lowest BCUT2D eigenvalue weighted by molar-refractivity contribution is -0.133. The van der Waals surface area contributed by atoms with Gasteiger partial charge in [-0.15, -0.1) is 12.4 Å². The molecule has 144 valence electrons. The molecule has 1 aromatic rings. The number of piperidine rings is 1. The van der Waals surface area contributed by atoms with Crippen LogP contribution in [0.1, 0.15) is 35.2 Å². The minimum Gasteiger partial charge on any atom is -0.342 e. The number of piperazine rings is 1. The van der Waals surface area contributed by atoms with Crippen molar-refractivity contribution in [1.82, 2.24) is 14.7 Å². The molecule has 0 spiro atoms. The largest absolute Gasteiger partial charge is 0.342 e. The molecule has 0 bridgehead atoms. The van der Waals surface area contributed by atoms with Crippen LogP contribution >= 0.6 is 12.4 Å². The number of amides is 2. The number of carbonyl (C=O) groups excluding carboxylic acids is 2. The van der Waals surface area contributed by atoms with Crippen molar-refractivity contribution in [3.05, 3.63) is 35.4 Å². The predicted octanol–water partition coefficient (Wildman–Crippen LogP) is 1.34. The maximum Gasteiger partial charge on any atom is 0.253 e. The summed E-state index contributed by atoms with van der Waals surface area (Å²) in [4.78, 5) is 31.0. The van der Waals surface area contributed by atoms with Gasteiger partial charge in [-0.05, 0) is 37.0 Å². The topological polar surface area (TPSA) is 69.9 Å². The Balaban J connectivity index is 0.00000243. The minimum absolute atomic E-state index is 0. The normalized spacial score (nSPS) is 18.3. The highest BCUT2D eigenvalue weighted by Gasteiger charge is 2.25. The first-order chi connectivity index (χ1) is 12.2. The zero-order valence-corrected chi connectivity index (χ0v) is 16.0. The van der Waals surface area contributed by atoms with Crippen molar-refractivity contribution in [3.63, 3.8) is 0 Å². The number of nitrogens with zero attached hydrogens (tertiary/aromatic N) is 3. The van der Waals surface area contributed by atoms with Crippen LogP contribution in [0.2, 0.25) is 0 Å². The molecule has 2 saturated heterocycles. The number of hydrogen-bond donors (Lipinski definition) is 1. The Kier molecular flexibility index (Phi) is 7.87. The smallest absolute Gasteiger partial charge is 0.253 e. The van der Waals surface area contributed by atoms with Gasteiger partial charge in [0.25, 0.3) is 5.91 Å². The fourth-order valence-electron chi connectivity index (χ4n) is 3.51. The van der Waals surface area contributed by atoms with E-state index >= 15 is 0 Å². The SMILES string of the molecule is Cl.NCc1ccc(C(=O)N2CCN(CC(=O)N3CCCCC3)CC2)cc1. The Morgan fingerprint density at radius 2 is 1.46 bits per heavy atom. The van der Waals surface area contributed by atoms with Crippen molar-refractivity contribution >= 4 is 24.2 Å². The highest BCUT2D eigenvalue weighted by molar-refractivity contribution is 5.94. The number of rotatable bonds is 4. The zero-order valence-electron chi connectivity index (χ0n) is 15.2. The summed E-state index contributed by atoms with van der Waals surface area (Å²) in [6.45, 7) is 5.62. The van der Waals surface area contributed by atoms with Crippen LogP contribution in [0.3, 0.4) is 0 Å². The second kappa shape index (κ2) is 9.90. The third kappa shape index (κ3) is 5.19. The lowest BCUT2D eigenvalue weighted by Crippen LogP contribution is -2.52. The quantitative estimate of drug-likeness (QED) is 0.855. The molecule has 2 N–H and O–H groups in total. The Bertz CT molecular complexity index is 594. The first kappa shape index (κ1) is 20.7. The maximum atomic E-state index is 12.6. The van der Waals surface area contributed by atoms with E-state index in [-0.39, 0.29) is 24.2 Å². The fraction of sp³-hybridized carbons (Fsp3) is 0.579. The molecular formula is C19H29ClN4O2. The standard InChI is InChI=1S/C19H28N4O2.ClH/c20-14-16-4-6-17(7-5-16)19(25)23-12-10-21(11-13-23)15-18(24)22-8-2-1-3-9-22;/h4-7H,1-3,8-15,20H2;1H. The molecule has 3 rings (SSSR count). The average Bonchev–Trinajstić information content (AvgIpc) is 2.69. The monoisotopic (exact) mass is 380 g/mol. The first-order valence-corrected chi connectivity index (χ1v) is 9.26. The van der Waals surface area contributed by atoms with Crippen molar-refractivity contribution in [2.75, 3.05) is 45.8 Å². The Morgan fingerprint density at radius 1 is 0.846 bits per heavy atom. The number of nitrogens with two attached hydrogens (primary N) is 1. The average molecular weight is 381 g/mol. The molecule has 2 fully saturated rings. The van der Waals surface area contributed by atoms with Gasteiger partial charge >= 0.3 is 0 Å². The van der Waals surface area contributed by atoms with Gasteiger partial charge in [-0.25, -0.2) is 0 Å². The van der Waals surface area contributed by atoms with Crippen LogP contribution in [0.5, 0.6) is 0 Å². The molecule has 2 heterocycles. The molecule has 0 aromatic heterocycles. The molecule has 2 amide bonds. The van der Waals surface area contributed by atoms with E-state index in [2.05, 4.69) is 4.90 Å². The van der Waals surface area contributed by atoms with E-state index in [1.165, 1.54) is 6.42 Å². The molecule has 0 aliphatic carbocycles. The lowest BCUT2D eigenvalue weighted by atomic mass is 10.1. The van der Waals surface area contributed by atoms with E-state index in [1.807, 2.05) is 34.1 Å². The summed E-state index contributed by atoms with van der Waals surface area (Å²) >= 11 is 0. The summed E-state index contributed by atoms with van der Waals surface area (Å²) in [5, 5.41) is 0. The molecule has 0 unspecified atom stereocenters. The third-order valence-corrected chi connectivity index (χ3v) is 5.16. The van der Waals surface area contributed by atoms with Gasteiger partial charge in [0.1, 0.15) is 0 Å². The van der Waals surface area contributed by atoms with E-state index in [1.54, 1.807) is 0 Å². The fourth-order valence-corrected chi connectivity index (χ4v) is 3.51. The summed E-state index contributed by atoms with van der Waals surface area (Å²) in [6.07, 6.45) is 3.48. The first-order valence-electron chi connectivity index (χ1n) is 9.26. The van der Waals surface area contributed by atoms with Gasteiger partial charge in [0.15, 0.2) is 0 Å². The minimum atomic E-state index is 0. The van der Waals surface area contributed by atoms with Crippen molar-refractivity contribution in [1.29, 1.82) is 0 Å². The van der Waals surface area contributed by atoms with Crippen LogP contribution in [-0.2, 0) is 11.3 Å². The van der Waals surface area contributed by atoms with Crippen LogP contribution in [0.15, 0.2) is 24.3 Å². The van der Waals surface area contributed by atoms with Gasteiger partial charge < -0.3 is 15.5 Å². The van der Waals surface area contributed by atoms with Crippen molar-refractivity contribution in [2.45, 2.75) is 25.8 Å². The van der Waals surface area contributed by atoms with E-state index in [0.29, 0.717) is 31.7 Å². The number of benzene rings is 1. The maximum absolute atomic E-state index is 12.6. The van der Waals surface area contributed by atoms with E-state index in [4.69, 9.17) is 5.73 Å². The number of likely N-dealkylation sites (tertiary alicyclic amines) is 1. The van der Waals surface area contributed by atoms with Gasteiger partial charge in [-0.2, -0.15) is 0 Å². The van der Waals surface area contributed by atoms with Crippen LogP contribution in [0.25, 0.3) is 0 Å². The van der Waals surface area contributed by atoms with Crippen molar-refractivity contribution < 1.29 is 9.59 Å². The summed E-state index contributed by atoms with van der Waals surface area (Å²) in [5.74, 6) is 0.294. The highest BCUT2D eigenvalue weighted by atomic mass is 35.5. The second-order valence-corrected chi connectivity index (χ2v) is 6.91. The number of hydrogen-bond acceptors (Lipinski definition) is 4. The molecule has 0 saturated carbocycles. The van der Waals surface area contributed by atoms with Gasteiger partial charge in [0.2, 0.25) is 5.91 Å². The van der Waals surface area contributed by atoms with Crippen LogP contribution in [-0.4, -0.2) is 72.3 Å². The summed E-state index contributed by atoms with van der Waals surface area (Å²) < 4.78 is 0. The van der Waals surface area contributed by atoms with Crippen LogP contribution in [0, 0.1) is 0 Å². The number of halogens is 1. The summed E-state index contributed by atoms with van der Waals surface area (Å²) in [6, 6.07) is 7.50. The van der Waals surface area contributed by atoms with E-state index in [0.717, 1.165) is 44.6 Å². The molecule has 0 radical (unpaired) electrons. The summed E-state index contributed by atoms with van der Waals surface area (Å²) in [5.41, 5.74) is 7.33.